The van der Waals surface area contributed by atoms with Gasteiger partial charge in [0.1, 0.15) is 18.3 Å². The van der Waals surface area contributed by atoms with Gasteiger partial charge in [-0.1, -0.05) is 33.6 Å². The molecule has 4 unspecified atom stereocenters. The Morgan fingerprint density at radius 1 is 1.28 bits per heavy atom. The van der Waals surface area contributed by atoms with E-state index in [0.29, 0.717) is 36.4 Å². The first kappa shape index (κ1) is 24.0. The maximum Gasteiger partial charge on any atom is 0.326 e. The molecule has 32 heavy (non-hydrogen) atoms. The summed E-state index contributed by atoms with van der Waals surface area (Å²) in [5, 5.41) is 23.5. The van der Waals surface area contributed by atoms with Gasteiger partial charge in [-0.2, -0.15) is 0 Å². The van der Waals surface area contributed by atoms with Crippen molar-refractivity contribution in [3.8, 4) is 0 Å². The lowest BCUT2D eigenvalue weighted by Gasteiger charge is -2.38. The zero-order chi connectivity index (χ0) is 23.4. The molecule has 0 spiro atoms. The van der Waals surface area contributed by atoms with E-state index in [1.807, 2.05) is 0 Å². The van der Waals surface area contributed by atoms with Crippen molar-refractivity contribution in [1.82, 2.24) is 0 Å². The van der Waals surface area contributed by atoms with E-state index in [4.69, 9.17) is 4.74 Å². The molecule has 2 aliphatic rings. The number of nitrogens with one attached hydrogen (secondary N) is 1. The molecule has 2 N–H and O–H groups in total. The molecule has 1 aromatic rings. The minimum absolute atomic E-state index is 0.00764. The average molecular weight is 448 g/mol. The predicted molar refractivity (Wildman–Crippen MR) is 121 cm³/mol. The van der Waals surface area contributed by atoms with Crippen LogP contribution in [0.4, 0.5) is 17.1 Å². The molecule has 1 amide bonds. The zero-order valence-corrected chi connectivity index (χ0v) is 19.0. The van der Waals surface area contributed by atoms with Gasteiger partial charge < -0.3 is 20.1 Å². The van der Waals surface area contributed by atoms with E-state index in [1.54, 1.807) is 4.90 Å². The fraction of sp³-hybridized carbons (Fsp3) is 0.652. The van der Waals surface area contributed by atoms with Crippen molar-refractivity contribution in [1.29, 1.82) is 0 Å². The molecule has 1 saturated heterocycles. The van der Waals surface area contributed by atoms with Crippen LogP contribution in [0.5, 0.6) is 0 Å². The Kier molecular flexibility index (Phi) is 7.71. The summed E-state index contributed by atoms with van der Waals surface area (Å²) in [6.45, 7) is 6.92. The zero-order valence-electron chi connectivity index (χ0n) is 19.0. The molecular formula is C23H33N3O6. The Morgan fingerprint density at radius 3 is 2.69 bits per heavy atom. The second kappa shape index (κ2) is 10.3. The van der Waals surface area contributed by atoms with Crippen molar-refractivity contribution in [2.45, 2.75) is 65.0 Å². The van der Waals surface area contributed by atoms with Gasteiger partial charge in [-0.25, -0.2) is 4.79 Å². The SMILES string of the molecule is CC(C)C1C(C)CCCC1OCC(=O)Nc1cc(N2CCCC2C(=O)O)ccc1[N+](=O)[O-]. The first-order chi connectivity index (χ1) is 15.2. The molecule has 1 saturated carbocycles. The van der Waals surface area contributed by atoms with Gasteiger partial charge in [0, 0.05) is 18.3 Å². The maximum atomic E-state index is 12.6. The number of aliphatic carboxylic acids is 1. The van der Waals surface area contributed by atoms with Crippen LogP contribution >= 0.6 is 0 Å². The van der Waals surface area contributed by atoms with E-state index in [0.717, 1.165) is 25.7 Å². The van der Waals surface area contributed by atoms with Crippen molar-refractivity contribution in [2.24, 2.45) is 17.8 Å². The van der Waals surface area contributed by atoms with Crippen molar-refractivity contribution in [3.63, 3.8) is 0 Å². The van der Waals surface area contributed by atoms with E-state index in [9.17, 15) is 24.8 Å². The number of carboxylic acids is 1. The third-order valence-electron chi connectivity index (χ3n) is 6.75. The number of amides is 1. The van der Waals surface area contributed by atoms with E-state index >= 15 is 0 Å². The third-order valence-corrected chi connectivity index (χ3v) is 6.75. The summed E-state index contributed by atoms with van der Waals surface area (Å²) in [6, 6.07) is 3.64. The highest BCUT2D eigenvalue weighted by molar-refractivity contribution is 5.95. The van der Waals surface area contributed by atoms with Crippen molar-refractivity contribution in [3.05, 3.63) is 28.3 Å². The van der Waals surface area contributed by atoms with E-state index in [-0.39, 0.29) is 24.1 Å². The summed E-state index contributed by atoms with van der Waals surface area (Å²) in [5.41, 5.74) is 0.353. The number of hydrogen-bond donors (Lipinski definition) is 2. The number of carbonyl (C=O) groups is 2. The number of benzene rings is 1. The summed E-state index contributed by atoms with van der Waals surface area (Å²) >= 11 is 0. The smallest absolute Gasteiger partial charge is 0.326 e. The van der Waals surface area contributed by atoms with Crippen molar-refractivity contribution >= 4 is 28.9 Å². The molecule has 9 heteroatoms. The molecule has 1 heterocycles. The van der Waals surface area contributed by atoms with Gasteiger partial charge in [0.15, 0.2) is 0 Å². The van der Waals surface area contributed by atoms with Gasteiger partial charge in [0.05, 0.1) is 11.0 Å². The van der Waals surface area contributed by atoms with Crippen LogP contribution in [-0.4, -0.2) is 47.2 Å². The highest BCUT2D eigenvalue weighted by Gasteiger charge is 2.34. The van der Waals surface area contributed by atoms with Crippen LogP contribution in [0.25, 0.3) is 0 Å². The molecule has 0 bridgehead atoms. The van der Waals surface area contributed by atoms with Crippen LogP contribution in [0, 0.1) is 27.9 Å². The van der Waals surface area contributed by atoms with E-state index in [1.165, 1.54) is 18.2 Å². The number of ether oxygens (including phenoxy) is 1. The normalized spacial score (nSPS) is 25.7. The highest BCUT2D eigenvalue weighted by atomic mass is 16.6. The molecular weight excluding hydrogens is 414 g/mol. The summed E-state index contributed by atoms with van der Waals surface area (Å²) in [4.78, 5) is 36.8. The number of carboxylic acid groups (broad SMARTS) is 1. The molecule has 1 aliphatic heterocycles. The van der Waals surface area contributed by atoms with Crippen LogP contribution in [0.1, 0.15) is 52.9 Å². The highest BCUT2D eigenvalue weighted by Crippen LogP contribution is 2.37. The van der Waals surface area contributed by atoms with Gasteiger partial charge >= 0.3 is 5.97 Å². The Balaban J connectivity index is 1.71. The number of nitro groups is 1. The largest absolute Gasteiger partial charge is 0.480 e. The molecule has 9 nitrogen and oxygen atoms in total. The number of anilines is 2. The molecule has 4 atom stereocenters. The number of hydrogen-bond acceptors (Lipinski definition) is 6. The lowest BCUT2D eigenvalue weighted by atomic mass is 9.72. The van der Waals surface area contributed by atoms with E-state index in [2.05, 4.69) is 26.1 Å². The molecule has 3 rings (SSSR count). The number of nitro benzene ring substituents is 1. The van der Waals surface area contributed by atoms with Crippen molar-refractivity contribution in [2.75, 3.05) is 23.4 Å². The molecule has 0 aromatic heterocycles. The summed E-state index contributed by atoms with van der Waals surface area (Å²) < 4.78 is 5.97. The Labute approximate surface area is 188 Å². The van der Waals surface area contributed by atoms with Gasteiger partial charge in [0.25, 0.3) is 11.6 Å². The van der Waals surface area contributed by atoms with Gasteiger partial charge in [0.2, 0.25) is 0 Å². The average Bonchev–Trinajstić information content (AvgIpc) is 3.22. The van der Waals surface area contributed by atoms with Gasteiger partial charge in [-0.15, -0.1) is 0 Å². The number of nitrogens with zero attached hydrogens (tertiary/aromatic N) is 2. The van der Waals surface area contributed by atoms with E-state index < -0.39 is 22.8 Å². The standard InChI is InChI=1S/C23H33N3O6/c1-14(2)22-15(3)6-4-8-20(22)32-13-21(27)24-17-12-16(9-10-18(17)26(30)31)25-11-5-7-19(25)23(28)29/h9-10,12,14-15,19-20,22H,4-8,11,13H2,1-3H3,(H,24,27)(H,28,29). The van der Waals surface area contributed by atoms with Crippen LogP contribution in [0.3, 0.4) is 0 Å². The van der Waals surface area contributed by atoms with Crippen LogP contribution in [0.2, 0.25) is 0 Å². The first-order valence-corrected chi connectivity index (χ1v) is 11.4. The molecule has 176 valence electrons. The van der Waals surface area contributed by atoms with Crippen LogP contribution in [-0.2, 0) is 14.3 Å². The second-order valence-electron chi connectivity index (χ2n) is 9.28. The second-order valence-corrected chi connectivity index (χ2v) is 9.28. The first-order valence-electron chi connectivity index (χ1n) is 11.4. The monoisotopic (exact) mass is 447 g/mol. The minimum Gasteiger partial charge on any atom is -0.480 e. The van der Waals surface area contributed by atoms with Crippen LogP contribution < -0.4 is 10.2 Å². The summed E-state index contributed by atoms with van der Waals surface area (Å²) in [7, 11) is 0. The Hall–Kier alpha value is -2.68. The minimum atomic E-state index is -0.929. The summed E-state index contributed by atoms with van der Waals surface area (Å²) in [5.74, 6) is -0.0447. The maximum absolute atomic E-state index is 12.6. The van der Waals surface area contributed by atoms with Gasteiger partial charge in [-0.3, -0.25) is 14.9 Å². The van der Waals surface area contributed by atoms with Crippen molar-refractivity contribution < 1.29 is 24.4 Å². The fourth-order valence-corrected chi connectivity index (χ4v) is 5.34. The Morgan fingerprint density at radius 2 is 2.03 bits per heavy atom. The predicted octanol–water partition coefficient (Wildman–Crippen LogP) is 4.06. The molecule has 1 aromatic carbocycles. The third kappa shape index (κ3) is 5.38. The topological polar surface area (TPSA) is 122 Å². The lowest BCUT2D eigenvalue weighted by Crippen LogP contribution is -2.38. The fourth-order valence-electron chi connectivity index (χ4n) is 5.34. The van der Waals surface area contributed by atoms with Crippen LogP contribution in [0.15, 0.2) is 18.2 Å². The summed E-state index contributed by atoms with van der Waals surface area (Å²) in [6.07, 6.45) is 4.35. The quantitative estimate of drug-likeness (QED) is 0.455. The molecule has 0 radical (unpaired) electrons. The molecule has 1 aliphatic carbocycles. The molecule has 2 fully saturated rings. The van der Waals surface area contributed by atoms with Gasteiger partial charge in [-0.05, 0) is 49.1 Å². The number of rotatable bonds is 8. The lowest BCUT2D eigenvalue weighted by molar-refractivity contribution is -0.383. The Bertz CT molecular complexity index is 858. The number of carbonyl (C=O) groups excluding carboxylic acids is 1.